The predicted molar refractivity (Wildman–Crippen MR) is 108 cm³/mol. The SMILES string of the molecule is COCCNS(=O)(=O)c1cccc(C(=O)N2CCN(c3ccc(F)cc3)CC2)c1. The summed E-state index contributed by atoms with van der Waals surface area (Å²) in [4.78, 5) is 16.7. The highest BCUT2D eigenvalue weighted by Gasteiger charge is 2.23. The topological polar surface area (TPSA) is 78.9 Å². The summed E-state index contributed by atoms with van der Waals surface area (Å²) in [7, 11) is -2.22. The Morgan fingerprint density at radius 2 is 1.79 bits per heavy atom. The molecule has 0 unspecified atom stereocenters. The van der Waals surface area contributed by atoms with E-state index < -0.39 is 10.0 Å². The van der Waals surface area contributed by atoms with E-state index in [0.717, 1.165) is 5.69 Å². The van der Waals surface area contributed by atoms with Crippen LogP contribution in [0.4, 0.5) is 10.1 Å². The Kier molecular flexibility index (Phi) is 6.83. The number of methoxy groups -OCH3 is 1. The van der Waals surface area contributed by atoms with E-state index in [-0.39, 0.29) is 29.8 Å². The molecular weight excluding hydrogens is 397 g/mol. The number of sulfonamides is 1. The maximum atomic E-state index is 13.1. The average molecular weight is 421 g/mol. The summed E-state index contributed by atoms with van der Waals surface area (Å²) in [5.41, 5.74) is 1.24. The van der Waals surface area contributed by atoms with Gasteiger partial charge in [0, 0.05) is 51.1 Å². The highest BCUT2D eigenvalue weighted by Crippen LogP contribution is 2.19. The first kappa shape index (κ1) is 21.2. The lowest BCUT2D eigenvalue weighted by molar-refractivity contribution is 0.0746. The van der Waals surface area contributed by atoms with Crippen LogP contribution < -0.4 is 9.62 Å². The molecule has 0 aliphatic carbocycles. The van der Waals surface area contributed by atoms with Crippen molar-refractivity contribution in [3.05, 3.63) is 59.9 Å². The number of ether oxygens (including phenoxy) is 1. The normalized spacial score (nSPS) is 14.8. The number of amides is 1. The van der Waals surface area contributed by atoms with Gasteiger partial charge in [-0.15, -0.1) is 0 Å². The fourth-order valence-electron chi connectivity index (χ4n) is 3.16. The summed E-state index contributed by atoms with van der Waals surface area (Å²) < 4.78 is 45.1. The minimum Gasteiger partial charge on any atom is -0.383 e. The minimum atomic E-state index is -3.71. The van der Waals surface area contributed by atoms with Crippen LogP contribution in [0.3, 0.4) is 0 Å². The van der Waals surface area contributed by atoms with Crippen molar-refractivity contribution in [1.82, 2.24) is 9.62 Å². The van der Waals surface area contributed by atoms with Gasteiger partial charge < -0.3 is 14.5 Å². The maximum Gasteiger partial charge on any atom is 0.254 e. The summed E-state index contributed by atoms with van der Waals surface area (Å²) in [5, 5.41) is 0. The monoisotopic (exact) mass is 421 g/mol. The molecule has 9 heteroatoms. The molecule has 1 aliphatic rings. The number of hydrogen-bond acceptors (Lipinski definition) is 5. The van der Waals surface area contributed by atoms with Crippen molar-refractivity contribution in [2.45, 2.75) is 4.90 Å². The van der Waals surface area contributed by atoms with Crippen molar-refractivity contribution in [3.8, 4) is 0 Å². The predicted octanol–water partition coefficient (Wildman–Crippen LogP) is 1.71. The van der Waals surface area contributed by atoms with E-state index in [2.05, 4.69) is 9.62 Å². The molecule has 0 spiro atoms. The van der Waals surface area contributed by atoms with Gasteiger partial charge >= 0.3 is 0 Å². The van der Waals surface area contributed by atoms with Gasteiger partial charge in [-0.05, 0) is 42.5 Å². The second kappa shape index (κ2) is 9.34. The van der Waals surface area contributed by atoms with Crippen LogP contribution in [-0.2, 0) is 14.8 Å². The highest BCUT2D eigenvalue weighted by atomic mass is 32.2. The Bertz CT molecular complexity index is 942. The molecule has 1 amide bonds. The summed E-state index contributed by atoms with van der Waals surface area (Å²) in [5.74, 6) is -0.494. The van der Waals surface area contributed by atoms with E-state index in [4.69, 9.17) is 4.74 Å². The first-order valence-electron chi connectivity index (χ1n) is 9.29. The number of rotatable bonds is 7. The Labute approximate surface area is 170 Å². The van der Waals surface area contributed by atoms with Gasteiger partial charge in [-0.3, -0.25) is 4.79 Å². The first-order valence-corrected chi connectivity index (χ1v) is 10.8. The standard InChI is InChI=1S/C20H24FN3O4S/c1-28-14-9-22-29(26,27)19-4-2-3-16(15-19)20(25)24-12-10-23(11-13-24)18-7-5-17(21)6-8-18/h2-8,15,22H,9-14H2,1H3. The molecule has 156 valence electrons. The van der Waals surface area contributed by atoms with Gasteiger partial charge in [0.25, 0.3) is 5.91 Å². The number of piperazine rings is 1. The number of benzene rings is 2. The molecular formula is C20H24FN3O4S. The fourth-order valence-corrected chi connectivity index (χ4v) is 4.22. The maximum absolute atomic E-state index is 13.1. The molecule has 1 N–H and O–H groups in total. The zero-order chi connectivity index (χ0) is 20.9. The van der Waals surface area contributed by atoms with Gasteiger partial charge in [0.2, 0.25) is 10.0 Å². The van der Waals surface area contributed by atoms with E-state index in [0.29, 0.717) is 31.7 Å². The second-order valence-corrected chi connectivity index (χ2v) is 8.44. The van der Waals surface area contributed by atoms with Gasteiger partial charge in [0.15, 0.2) is 0 Å². The van der Waals surface area contributed by atoms with Crippen molar-refractivity contribution in [1.29, 1.82) is 0 Å². The van der Waals surface area contributed by atoms with Crippen LogP contribution in [-0.4, -0.2) is 65.7 Å². The molecule has 0 aromatic heterocycles. The van der Waals surface area contributed by atoms with Crippen LogP contribution in [0.15, 0.2) is 53.4 Å². The first-order chi connectivity index (χ1) is 13.9. The number of nitrogens with zero attached hydrogens (tertiary/aromatic N) is 2. The van der Waals surface area contributed by atoms with Gasteiger partial charge in [-0.1, -0.05) is 6.07 Å². The number of halogens is 1. The summed E-state index contributed by atoms with van der Waals surface area (Å²) in [6.45, 7) is 2.65. The van der Waals surface area contributed by atoms with Gasteiger partial charge in [-0.2, -0.15) is 0 Å². The van der Waals surface area contributed by atoms with Crippen LogP contribution in [0, 0.1) is 5.82 Å². The van der Waals surface area contributed by atoms with Crippen LogP contribution >= 0.6 is 0 Å². The zero-order valence-electron chi connectivity index (χ0n) is 16.2. The molecule has 29 heavy (non-hydrogen) atoms. The average Bonchev–Trinajstić information content (AvgIpc) is 2.74. The third-order valence-corrected chi connectivity index (χ3v) is 6.21. The summed E-state index contributed by atoms with van der Waals surface area (Å²) >= 11 is 0. The van der Waals surface area contributed by atoms with E-state index in [1.807, 2.05) is 0 Å². The van der Waals surface area contributed by atoms with Crippen LogP contribution in [0.5, 0.6) is 0 Å². The lowest BCUT2D eigenvalue weighted by Gasteiger charge is -2.36. The molecule has 0 bridgehead atoms. The zero-order valence-corrected chi connectivity index (χ0v) is 17.0. The Balaban J connectivity index is 1.64. The van der Waals surface area contributed by atoms with Gasteiger partial charge in [-0.25, -0.2) is 17.5 Å². The number of anilines is 1. The summed E-state index contributed by atoms with van der Waals surface area (Å²) in [6.07, 6.45) is 0. The Hall–Kier alpha value is -2.49. The Morgan fingerprint density at radius 1 is 1.10 bits per heavy atom. The molecule has 7 nitrogen and oxygen atoms in total. The number of hydrogen-bond donors (Lipinski definition) is 1. The lowest BCUT2D eigenvalue weighted by atomic mass is 10.1. The lowest BCUT2D eigenvalue weighted by Crippen LogP contribution is -2.48. The van der Waals surface area contributed by atoms with E-state index in [9.17, 15) is 17.6 Å². The van der Waals surface area contributed by atoms with Crippen molar-refractivity contribution in [2.24, 2.45) is 0 Å². The molecule has 0 radical (unpaired) electrons. The number of nitrogens with one attached hydrogen (secondary N) is 1. The third-order valence-electron chi connectivity index (χ3n) is 4.75. The molecule has 1 fully saturated rings. The van der Waals surface area contributed by atoms with E-state index in [1.54, 1.807) is 29.2 Å². The molecule has 1 saturated heterocycles. The fraction of sp³-hybridized carbons (Fsp3) is 0.350. The molecule has 1 aliphatic heterocycles. The van der Waals surface area contributed by atoms with Crippen molar-refractivity contribution in [3.63, 3.8) is 0 Å². The Morgan fingerprint density at radius 3 is 2.45 bits per heavy atom. The number of carbonyl (C=O) groups excluding carboxylic acids is 1. The minimum absolute atomic E-state index is 0.0457. The smallest absolute Gasteiger partial charge is 0.254 e. The van der Waals surface area contributed by atoms with Crippen LogP contribution in [0.25, 0.3) is 0 Å². The quantitative estimate of drug-likeness (QED) is 0.689. The molecule has 0 saturated carbocycles. The van der Waals surface area contributed by atoms with Gasteiger partial charge in [0.1, 0.15) is 5.82 Å². The molecule has 3 rings (SSSR count). The van der Waals surface area contributed by atoms with Crippen molar-refractivity contribution < 1.29 is 22.3 Å². The van der Waals surface area contributed by atoms with Crippen LogP contribution in [0.1, 0.15) is 10.4 Å². The van der Waals surface area contributed by atoms with E-state index in [1.165, 1.54) is 31.4 Å². The van der Waals surface area contributed by atoms with Gasteiger partial charge in [0.05, 0.1) is 11.5 Å². The number of carbonyl (C=O) groups is 1. The molecule has 2 aromatic rings. The summed E-state index contributed by atoms with van der Waals surface area (Å²) in [6, 6.07) is 12.3. The second-order valence-electron chi connectivity index (χ2n) is 6.67. The molecule has 2 aromatic carbocycles. The van der Waals surface area contributed by atoms with Crippen molar-refractivity contribution >= 4 is 21.6 Å². The van der Waals surface area contributed by atoms with Crippen molar-refractivity contribution in [2.75, 3.05) is 51.3 Å². The third kappa shape index (κ3) is 5.31. The van der Waals surface area contributed by atoms with E-state index >= 15 is 0 Å². The highest BCUT2D eigenvalue weighted by molar-refractivity contribution is 7.89. The largest absolute Gasteiger partial charge is 0.383 e. The molecule has 1 heterocycles. The molecule has 0 atom stereocenters. The van der Waals surface area contributed by atoms with Crippen LogP contribution in [0.2, 0.25) is 0 Å².